The van der Waals surface area contributed by atoms with E-state index in [0.717, 1.165) is 30.8 Å². The summed E-state index contributed by atoms with van der Waals surface area (Å²) in [6.45, 7) is 11.6. The molecule has 0 unspecified atom stereocenters. The maximum atomic E-state index is 14.2. The molecule has 3 aromatic heterocycles. The molecule has 0 atom stereocenters. The Morgan fingerprint density at radius 2 is 1.66 bits per heavy atom. The number of likely N-dealkylation sites (N-methyl/N-ethyl adjacent to an activating group) is 1. The maximum absolute atomic E-state index is 14.2. The first kappa shape index (κ1) is 36.8. The van der Waals surface area contributed by atoms with Gasteiger partial charge in [0, 0.05) is 48.8 Å². The number of fused-ring (bicyclic) bond motifs is 1. The van der Waals surface area contributed by atoms with E-state index < -0.39 is 25.2 Å². The van der Waals surface area contributed by atoms with Gasteiger partial charge in [0.2, 0.25) is 11.8 Å². The van der Waals surface area contributed by atoms with Crippen molar-refractivity contribution in [2.45, 2.75) is 46.6 Å². The van der Waals surface area contributed by atoms with Gasteiger partial charge in [-0.3, -0.25) is 9.25 Å². The highest BCUT2D eigenvalue weighted by Crippen LogP contribution is 2.51. The van der Waals surface area contributed by atoms with Gasteiger partial charge >= 0.3 is 13.8 Å². The fourth-order valence-corrected chi connectivity index (χ4v) is 7.33. The van der Waals surface area contributed by atoms with Crippen molar-refractivity contribution >= 4 is 41.5 Å². The summed E-state index contributed by atoms with van der Waals surface area (Å²) < 4.78 is 69.6. The summed E-state index contributed by atoms with van der Waals surface area (Å²) in [6, 6.07) is 10.1. The van der Waals surface area contributed by atoms with E-state index in [-0.39, 0.29) is 36.9 Å². The van der Waals surface area contributed by atoms with Gasteiger partial charge in [0.1, 0.15) is 11.4 Å². The first-order valence-corrected chi connectivity index (χ1v) is 18.1. The Bertz CT molecular complexity index is 1950. The van der Waals surface area contributed by atoms with Gasteiger partial charge in [-0.25, -0.2) is 4.98 Å². The predicted octanol–water partition coefficient (Wildman–Crippen LogP) is 8.15. The average molecular weight is 715 g/mol. The van der Waals surface area contributed by atoms with Crippen molar-refractivity contribution in [3.63, 3.8) is 0 Å². The fraction of sp³-hybridized carbons (Fsp3) is 0.382. The van der Waals surface area contributed by atoms with Gasteiger partial charge in [-0.05, 0) is 56.3 Å². The van der Waals surface area contributed by atoms with E-state index >= 15 is 0 Å². The molecule has 0 amide bonds. The van der Waals surface area contributed by atoms with E-state index in [2.05, 4.69) is 44.4 Å². The molecular formula is C34H42F3N8O4P. The van der Waals surface area contributed by atoms with E-state index in [1.54, 1.807) is 69.7 Å². The third-order valence-electron chi connectivity index (χ3n) is 8.20. The Hall–Kier alpha value is -4.43. The number of benzene rings is 2. The second kappa shape index (κ2) is 15.6. The fourth-order valence-electron chi connectivity index (χ4n) is 5.63. The van der Waals surface area contributed by atoms with Crippen LogP contribution in [0.3, 0.4) is 0 Å². The number of alkyl halides is 3. The monoisotopic (exact) mass is 714 g/mol. The largest absolute Gasteiger partial charge is 0.494 e. The molecule has 16 heteroatoms. The highest BCUT2D eigenvalue weighted by atomic mass is 31.2. The number of aromatic nitrogens is 5. The van der Waals surface area contributed by atoms with Crippen LogP contribution in [0.4, 0.5) is 36.3 Å². The molecule has 0 saturated heterocycles. The van der Waals surface area contributed by atoms with Gasteiger partial charge in [0.15, 0.2) is 0 Å². The summed E-state index contributed by atoms with van der Waals surface area (Å²) in [5, 5.41) is 22.3. The minimum absolute atomic E-state index is 0.0679. The third kappa shape index (κ3) is 8.47. The average Bonchev–Trinajstić information content (AvgIpc) is 3.66. The molecule has 12 nitrogen and oxygen atoms in total. The van der Waals surface area contributed by atoms with Gasteiger partial charge in [0.25, 0.3) is 0 Å². The van der Waals surface area contributed by atoms with E-state index in [9.17, 15) is 22.8 Å². The maximum Gasteiger partial charge on any atom is 0.421 e. The van der Waals surface area contributed by atoms with Crippen molar-refractivity contribution in [2.24, 2.45) is 7.05 Å². The lowest BCUT2D eigenvalue weighted by atomic mass is 10.0. The minimum atomic E-state index is -4.77. The third-order valence-corrected chi connectivity index (χ3v) is 10.3. The molecule has 0 aliphatic carbocycles. The van der Waals surface area contributed by atoms with Crippen LogP contribution in [0, 0.1) is 0 Å². The molecule has 0 fully saturated rings. The van der Waals surface area contributed by atoms with Crippen LogP contribution in [0.2, 0.25) is 0 Å². The Kier molecular flexibility index (Phi) is 11.5. The number of nitrogens with one attached hydrogen (secondary N) is 2. The number of aromatic hydroxyl groups is 1. The van der Waals surface area contributed by atoms with Crippen molar-refractivity contribution in [3.8, 4) is 17.0 Å². The van der Waals surface area contributed by atoms with Crippen molar-refractivity contribution in [3.05, 3.63) is 72.3 Å². The Morgan fingerprint density at radius 3 is 2.30 bits per heavy atom. The van der Waals surface area contributed by atoms with Crippen molar-refractivity contribution < 1.29 is 31.9 Å². The number of anilines is 4. The second-order valence-corrected chi connectivity index (χ2v) is 13.6. The van der Waals surface area contributed by atoms with Gasteiger partial charge in [-0.15, -0.1) is 0 Å². The molecular weight excluding hydrogens is 672 g/mol. The van der Waals surface area contributed by atoms with Crippen molar-refractivity contribution in [2.75, 3.05) is 43.5 Å². The molecule has 3 N–H and O–H groups in total. The van der Waals surface area contributed by atoms with Crippen LogP contribution in [0.25, 0.3) is 21.9 Å². The molecule has 0 aliphatic heterocycles. The summed E-state index contributed by atoms with van der Waals surface area (Å²) in [6.07, 6.45) is 1.38. The number of aryl methyl sites for hydroxylation is 1. The lowest BCUT2D eigenvalue weighted by molar-refractivity contribution is -0.137. The van der Waals surface area contributed by atoms with Gasteiger partial charge in [-0.2, -0.15) is 23.3 Å². The molecule has 5 aromatic rings. The molecule has 3 heterocycles. The highest BCUT2D eigenvalue weighted by molar-refractivity contribution is 7.53. The first-order valence-electron chi connectivity index (χ1n) is 16.4. The SMILES string of the molecule is CCOP(=O)(Cc1ccc(Nc2ncc(C(F)(F)F)c(Nc3ccc(-c4cnn(CCN(CC)CC)c4)c4cn(C)c(O)c34)n2)cc1)OCC. The number of hydrogen-bond acceptors (Lipinski definition) is 10. The zero-order chi connectivity index (χ0) is 36.1. The smallest absolute Gasteiger partial charge is 0.421 e. The quantitative estimate of drug-likeness (QED) is 0.0861. The van der Waals surface area contributed by atoms with Crippen LogP contribution in [0.1, 0.15) is 38.8 Å². The van der Waals surface area contributed by atoms with Crippen molar-refractivity contribution in [1.82, 2.24) is 29.2 Å². The van der Waals surface area contributed by atoms with Crippen LogP contribution >= 0.6 is 7.60 Å². The summed E-state index contributed by atoms with van der Waals surface area (Å²) in [5.41, 5.74) is 1.90. The van der Waals surface area contributed by atoms with E-state index in [1.807, 2.05) is 10.9 Å². The lowest BCUT2D eigenvalue weighted by Gasteiger charge is -2.17. The molecule has 268 valence electrons. The molecule has 0 aliphatic rings. The lowest BCUT2D eigenvalue weighted by Crippen LogP contribution is -2.27. The zero-order valence-electron chi connectivity index (χ0n) is 28.7. The molecule has 0 saturated carbocycles. The normalized spacial score (nSPS) is 12.3. The summed E-state index contributed by atoms with van der Waals surface area (Å²) >= 11 is 0. The number of hydrogen-bond donors (Lipinski definition) is 3. The summed E-state index contributed by atoms with van der Waals surface area (Å²) in [4.78, 5) is 10.4. The van der Waals surface area contributed by atoms with Crippen LogP contribution in [0.5, 0.6) is 5.88 Å². The first-order chi connectivity index (χ1) is 23.9. The summed E-state index contributed by atoms with van der Waals surface area (Å²) in [7, 11) is -1.66. The predicted molar refractivity (Wildman–Crippen MR) is 188 cm³/mol. The second-order valence-electron chi connectivity index (χ2n) is 11.5. The van der Waals surface area contributed by atoms with E-state index in [4.69, 9.17) is 9.05 Å². The van der Waals surface area contributed by atoms with Crippen LogP contribution < -0.4 is 10.6 Å². The number of rotatable bonds is 16. The molecule has 50 heavy (non-hydrogen) atoms. The highest BCUT2D eigenvalue weighted by Gasteiger charge is 2.36. The molecule has 2 aromatic carbocycles. The molecule has 0 radical (unpaired) electrons. The molecule has 0 spiro atoms. The Labute approximate surface area is 288 Å². The summed E-state index contributed by atoms with van der Waals surface area (Å²) in [5.74, 6) is -0.718. The standard InChI is InChI=1S/C34H42F3N8O4P/c1-6-44(7-2)16-17-45-20-24(18-39-45)26-14-15-29(30-27(26)21-43(5)32(30)46)41-31-28(34(35,36)37)19-38-33(42-31)40-25-12-10-23(11-13-25)22-50(47,48-8-3)49-9-4/h10-15,18-21,46H,6-9,16-17,22H2,1-5H3,(H2,38,40,41,42). The molecule has 5 rings (SSSR count). The Morgan fingerprint density at radius 1 is 0.960 bits per heavy atom. The van der Waals surface area contributed by atoms with E-state index in [1.165, 1.54) is 4.57 Å². The van der Waals surface area contributed by atoms with Crippen molar-refractivity contribution in [1.29, 1.82) is 0 Å². The van der Waals surface area contributed by atoms with Gasteiger partial charge in [-0.1, -0.05) is 32.0 Å². The Balaban J connectivity index is 1.43. The minimum Gasteiger partial charge on any atom is -0.494 e. The molecule has 0 bridgehead atoms. The zero-order valence-corrected chi connectivity index (χ0v) is 29.6. The number of nitrogens with zero attached hydrogens (tertiary/aromatic N) is 6. The number of halogens is 3. The van der Waals surface area contributed by atoms with Gasteiger partial charge in [0.05, 0.1) is 43.2 Å². The van der Waals surface area contributed by atoms with Crippen LogP contribution in [-0.4, -0.2) is 67.2 Å². The van der Waals surface area contributed by atoms with Gasteiger partial charge < -0.3 is 34.3 Å². The van der Waals surface area contributed by atoms with Crippen LogP contribution in [0.15, 0.2) is 61.2 Å². The van der Waals surface area contributed by atoms with Crippen LogP contribution in [-0.2, 0) is 39.5 Å². The van der Waals surface area contributed by atoms with E-state index in [0.29, 0.717) is 34.8 Å². The topological polar surface area (TPSA) is 132 Å².